The summed E-state index contributed by atoms with van der Waals surface area (Å²) in [4.78, 5) is 0. The lowest BCUT2D eigenvalue weighted by Crippen LogP contribution is -2.31. The zero-order valence-corrected chi connectivity index (χ0v) is 10.6. The number of alkyl halides is 3. The highest BCUT2D eigenvalue weighted by Crippen LogP contribution is 2.34. The minimum absolute atomic E-state index is 0.151. The Labute approximate surface area is 113 Å². The molecule has 0 amide bonds. The molecule has 1 unspecified atom stereocenters. The van der Waals surface area contributed by atoms with Crippen LogP contribution in [0.5, 0.6) is 5.75 Å². The van der Waals surface area contributed by atoms with Crippen LogP contribution in [0.4, 0.5) is 13.2 Å². The SMILES string of the molecule is CC1CN(C(=N)N)N=C1c1ccc(C(F)(F)F)cc1O. The summed E-state index contributed by atoms with van der Waals surface area (Å²) in [5.41, 5.74) is 5.01. The maximum atomic E-state index is 12.5. The van der Waals surface area contributed by atoms with E-state index < -0.39 is 17.5 Å². The van der Waals surface area contributed by atoms with Crippen LogP contribution in [0, 0.1) is 11.3 Å². The van der Waals surface area contributed by atoms with Crippen molar-refractivity contribution in [1.29, 1.82) is 5.41 Å². The van der Waals surface area contributed by atoms with Gasteiger partial charge in [0.05, 0.1) is 17.8 Å². The number of hydrogen-bond acceptors (Lipinski definition) is 3. The van der Waals surface area contributed by atoms with Crippen LogP contribution in [-0.2, 0) is 6.18 Å². The van der Waals surface area contributed by atoms with E-state index in [9.17, 15) is 18.3 Å². The van der Waals surface area contributed by atoms with Crippen LogP contribution >= 0.6 is 0 Å². The molecule has 0 spiro atoms. The van der Waals surface area contributed by atoms with Crippen molar-refractivity contribution in [2.24, 2.45) is 16.8 Å². The van der Waals surface area contributed by atoms with Crippen molar-refractivity contribution in [3.8, 4) is 5.75 Å². The van der Waals surface area contributed by atoms with Crippen LogP contribution < -0.4 is 5.73 Å². The lowest BCUT2D eigenvalue weighted by Gasteiger charge is -2.11. The number of phenolic OH excluding ortho intramolecular Hbond substituents is 1. The molecule has 0 saturated heterocycles. The number of hydrogen-bond donors (Lipinski definition) is 3. The molecule has 0 fully saturated rings. The lowest BCUT2D eigenvalue weighted by molar-refractivity contribution is -0.137. The van der Waals surface area contributed by atoms with Gasteiger partial charge in [-0.15, -0.1) is 0 Å². The molecule has 1 aromatic rings. The number of nitrogens with one attached hydrogen (secondary N) is 1. The van der Waals surface area contributed by atoms with E-state index >= 15 is 0 Å². The Morgan fingerprint density at radius 1 is 1.50 bits per heavy atom. The van der Waals surface area contributed by atoms with Gasteiger partial charge in [0.15, 0.2) is 0 Å². The summed E-state index contributed by atoms with van der Waals surface area (Å²) in [6.07, 6.45) is -4.51. The molecule has 1 aromatic carbocycles. The predicted molar refractivity (Wildman–Crippen MR) is 67.4 cm³/mol. The van der Waals surface area contributed by atoms with Gasteiger partial charge in [0.2, 0.25) is 5.96 Å². The van der Waals surface area contributed by atoms with E-state index in [1.807, 2.05) is 0 Å². The summed E-state index contributed by atoms with van der Waals surface area (Å²) in [7, 11) is 0. The first-order valence-electron chi connectivity index (χ1n) is 5.80. The van der Waals surface area contributed by atoms with Gasteiger partial charge >= 0.3 is 6.18 Å². The number of halogens is 3. The van der Waals surface area contributed by atoms with Crippen LogP contribution in [0.3, 0.4) is 0 Å². The minimum Gasteiger partial charge on any atom is -0.507 e. The van der Waals surface area contributed by atoms with Crippen molar-refractivity contribution in [2.45, 2.75) is 13.1 Å². The van der Waals surface area contributed by atoms with Crippen LogP contribution in [0.2, 0.25) is 0 Å². The second kappa shape index (κ2) is 4.69. The van der Waals surface area contributed by atoms with Gasteiger partial charge in [-0.2, -0.15) is 18.3 Å². The molecular weight excluding hydrogens is 273 g/mol. The monoisotopic (exact) mass is 286 g/mol. The first-order valence-corrected chi connectivity index (χ1v) is 5.80. The lowest BCUT2D eigenvalue weighted by atomic mass is 9.97. The van der Waals surface area contributed by atoms with Crippen LogP contribution in [-0.4, -0.2) is 28.3 Å². The molecule has 1 aliphatic heterocycles. The number of guanidine groups is 1. The Kier molecular flexibility index (Phi) is 3.33. The third-order valence-electron chi connectivity index (χ3n) is 3.02. The van der Waals surface area contributed by atoms with Crippen molar-refractivity contribution in [3.63, 3.8) is 0 Å². The van der Waals surface area contributed by atoms with Gasteiger partial charge in [0, 0.05) is 11.5 Å². The second-order valence-corrected chi connectivity index (χ2v) is 4.58. The van der Waals surface area contributed by atoms with Crippen LogP contribution in [0.15, 0.2) is 23.3 Å². The minimum atomic E-state index is -4.51. The molecule has 20 heavy (non-hydrogen) atoms. The quantitative estimate of drug-likeness (QED) is 0.545. The maximum absolute atomic E-state index is 12.5. The van der Waals surface area contributed by atoms with Gasteiger partial charge in [0.1, 0.15) is 5.75 Å². The fourth-order valence-electron chi connectivity index (χ4n) is 2.01. The number of hydrazone groups is 1. The molecule has 0 aromatic heterocycles. The van der Waals surface area contributed by atoms with Crippen molar-refractivity contribution in [1.82, 2.24) is 5.01 Å². The summed E-state index contributed by atoms with van der Waals surface area (Å²) < 4.78 is 37.6. The van der Waals surface area contributed by atoms with Gasteiger partial charge < -0.3 is 10.8 Å². The summed E-state index contributed by atoms with van der Waals surface area (Å²) in [5.74, 6) is -0.893. The largest absolute Gasteiger partial charge is 0.507 e. The number of aromatic hydroxyl groups is 1. The Hall–Kier alpha value is -2.25. The smallest absolute Gasteiger partial charge is 0.416 e. The van der Waals surface area contributed by atoms with Crippen LogP contribution in [0.1, 0.15) is 18.1 Å². The zero-order valence-electron chi connectivity index (χ0n) is 10.6. The van der Waals surface area contributed by atoms with E-state index in [1.165, 1.54) is 11.1 Å². The maximum Gasteiger partial charge on any atom is 0.416 e. The summed E-state index contributed by atoms with van der Waals surface area (Å²) in [5, 5.41) is 22.3. The first-order chi connectivity index (χ1) is 9.20. The van der Waals surface area contributed by atoms with Crippen molar-refractivity contribution >= 4 is 11.7 Å². The van der Waals surface area contributed by atoms with E-state index in [0.29, 0.717) is 18.3 Å². The fraction of sp³-hybridized carbons (Fsp3) is 0.333. The highest BCUT2D eigenvalue weighted by molar-refractivity contribution is 6.06. The van der Waals surface area contributed by atoms with Crippen molar-refractivity contribution < 1.29 is 18.3 Å². The Balaban J connectivity index is 2.39. The number of nitrogens with zero attached hydrogens (tertiary/aromatic N) is 2. The van der Waals surface area contributed by atoms with E-state index in [1.54, 1.807) is 6.92 Å². The third-order valence-corrected chi connectivity index (χ3v) is 3.02. The number of nitrogens with two attached hydrogens (primary N) is 1. The standard InChI is InChI=1S/C12H13F3N4O/c1-6-5-19(11(16)17)18-10(6)8-3-2-7(4-9(8)20)12(13,14)15/h2-4,6,20H,5H2,1H3,(H3,16,17). The molecular formula is C12H13F3N4O. The number of rotatable bonds is 1. The molecule has 0 radical (unpaired) electrons. The van der Waals surface area contributed by atoms with E-state index in [4.69, 9.17) is 11.1 Å². The molecule has 2 rings (SSSR count). The van der Waals surface area contributed by atoms with Gasteiger partial charge in [-0.1, -0.05) is 6.92 Å². The molecule has 0 bridgehead atoms. The summed E-state index contributed by atoms with van der Waals surface area (Å²) >= 11 is 0. The Bertz CT molecular complexity index is 583. The zero-order chi connectivity index (χ0) is 15.1. The van der Waals surface area contributed by atoms with E-state index in [0.717, 1.165) is 6.07 Å². The topological polar surface area (TPSA) is 85.7 Å². The highest BCUT2D eigenvalue weighted by atomic mass is 19.4. The number of benzene rings is 1. The van der Waals surface area contributed by atoms with Gasteiger partial charge in [-0.3, -0.25) is 5.41 Å². The molecule has 1 atom stereocenters. The molecule has 1 heterocycles. The second-order valence-electron chi connectivity index (χ2n) is 4.58. The molecule has 5 nitrogen and oxygen atoms in total. The molecule has 1 aliphatic rings. The summed E-state index contributed by atoms with van der Waals surface area (Å²) in [6.45, 7) is 2.14. The van der Waals surface area contributed by atoms with Gasteiger partial charge in [0.25, 0.3) is 0 Å². The predicted octanol–water partition coefficient (Wildman–Crippen LogP) is 1.96. The first kappa shape index (κ1) is 14.2. The van der Waals surface area contributed by atoms with E-state index in [-0.39, 0.29) is 17.4 Å². The summed E-state index contributed by atoms with van der Waals surface area (Å²) in [6, 6.07) is 2.73. The van der Waals surface area contributed by atoms with Gasteiger partial charge in [-0.25, -0.2) is 5.01 Å². The highest BCUT2D eigenvalue weighted by Gasteiger charge is 2.33. The molecule has 4 N–H and O–H groups in total. The average molecular weight is 286 g/mol. The molecule has 0 saturated carbocycles. The van der Waals surface area contributed by atoms with E-state index in [2.05, 4.69) is 5.10 Å². The van der Waals surface area contributed by atoms with Crippen LogP contribution in [0.25, 0.3) is 0 Å². The molecule has 8 heteroatoms. The number of phenols is 1. The molecule has 0 aliphatic carbocycles. The Morgan fingerprint density at radius 2 is 2.15 bits per heavy atom. The fourth-order valence-corrected chi connectivity index (χ4v) is 2.01. The average Bonchev–Trinajstić information content (AvgIpc) is 2.70. The normalized spacial score (nSPS) is 19.1. The Morgan fingerprint density at radius 3 is 2.60 bits per heavy atom. The van der Waals surface area contributed by atoms with Gasteiger partial charge in [-0.05, 0) is 18.2 Å². The van der Waals surface area contributed by atoms with Crippen molar-refractivity contribution in [3.05, 3.63) is 29.3 Å². The molecule has 108 valence electrons. The van der Waals surface area contributed by atoms with Crippen molar-refractivity contribution in [2.75, 3.05) is 6.54 Å². The third kappa shape index (κ3) is 2.54.